The lowest BCUT2D eigenvalue weighted by molar-refractivity contribution is 0.00909. The van der Waals surface area contributed by atoms with Gasteiger partial charge in [-0.3, -0.25) is 0 Å². The Morgan fingerprint density at radius 1 is 1.50 bits per heavy atom. The molecule has 88 valence electrons. The van der Waals surface area contributed by atoms with Crippen LogP contribution in [0.4, 0.5) is 4.39 Å². The maximum absolute atomic E-state index is 13.9. The predicted molar refractivity (Wildman–Crippen MR) is 65.1 cm³/mol. The highest BCUT2D eigenvalue weighted by Crippen LogP contribution is 2.35. The highest BCUT2D eigenvalue weighted by molar-refractivity contribution is 9.10. The van der Waals surface area contributed by atoms with Crippen LogP contribution in [0.3, 0.4) is 0 Å². The molecule has 1 saturated heterocycles. The van der Waals surface area contributed by atoms with Crippen molar-refractivity contribution in [2.75, 3.05) is 13.1 Å². The van der Waals surface area contributed by atoms with Crippen molar-refractivity contribution in [3.63, 3.8) is 0 Å². The van der Waals surface area contributed by atoms with Crippen molar-refractivity contribution in [2.45, 2.75) is 18.4 Å². The molecule has 16 heavy (non-hydrogen) atoms. The summed E-state index contributed by atoms with van der Waals surface area (Å²) in [6.45, 7) is 1.22. The zero-order valence-corrected chi connectivity index (χ0v) is 10.9. The van der Waals surface area contributed by atoms with Gasteiger partial charge in [0.2, 0.25) is 0 Å². The molecule has 2 rings (SSSR count). The monoisotopic (exact) mass is 307 g/mol. The van der Waals surface area contributed by atoms with E-state index >= 15 is 0 Å². The molecule has 1 fully saturated rings. The first-order valence-electron chi connectivity index (χ1n) is 5.12. The maximum Gasteiger partial charge on any atom is 0.149 e. The largest absolute Gasteiger partial charge is 0.384 e. The average Bonchev–Trinajstić information content (AvgIpc) is 2.27. The first-order chi connectivity index (χ1) is 7.54. The molecule has 2 nitrogen and oxygen atoms in total. The van der Waals surface area contributed by atoms with E-state index in [4.69, 9.17) is 11.6 Å². The predicted octanol–water partition coefficient (Wildman–Crippen LogP) is 2.81. The minimum Gasteiger partial charge on any atom is -0.384 e. The van der Waals surface area contributed by atoms with E-state index in [0.717, 1.165) is 13.0 Å². The van der Waals surface area contributed by atoms with Crippen LogP contribution in [0.2, 0.25) is 5.02 Å². The molecule has 5 heteroatoms. The first-order valence-corrected chi connectivity index (χ1v) is 6.29. The Morgan fingerprint density at radius 3 is 2.88 bits per heavy atom. The molecule has 0 aliphatic carbocycles. The van der Waals surface area contributed by atoms with Gasteiger partial charge in [-0.1, -0.05) is 17.7 Å². The van der Waals surface area contributed by atoms with Crippen LogP contribution in [0, 0.1) is 5.82 Å². The molecule has 1 aliphatic heterocycles. The number of rotatable bonds is 1. The van der Waals surface area contributed by atoms with Crippen molar-refractivity contribution in [3.8, 4) is 0 Å². The number of piperidine rings is 1. The molecule has 0 radical (unpaired) electrons. The van der Waals surface area contributed by atoms with Gasteiger partial charge in [0.25, 0.3) is 0 Å². The summed E-state index contributed by atoms with van der Waals surface area (Å²) in [5.74, 6) is -0.540. The summed E-state index contributed by atoms with van der Waals surface area (Å²) in [5.41, 5.74) is -0.875. The second-order valence-electron chi connectivity index (χ2n) is 4.03. The third-order valence-corrected chi connectivity index (χ3v) is 4.16. The van der Waals surface area contributed by atoms with E-state index in [1.807, 2.05) is 0 Å². The third kappa shape index (κ3) is 2.12. The summed E-state index contributed by atoms with van der Waals surface area (Å²) in [6.07, 6.45) is 1.37. The lowest BCUT2D eigenvalue weighted by Gasteiger charge is -2.33. The van der Waals surface area contributed by atoms with Crippen molar-refractivity contribution in [2.24, 2.45) is 0 Å². The number of hydrogen-bond acceptors (Lipinski definition) is 2. The summed E-state index contributed by atoms with van der Waals surface area (Å²) in [6, 6.07) is 3.24. The van der Waals surface area contributed by atoms with Crippen molar-refractivity contribution < 1.29 is 9.50 Å². The molecule has 1 heterocycles. The lowest BCUT2D eigenvalue weighted by atomic mass is 9.86. The Labute approximate surface area is 107 Å². The van der Waals surface area contributed by atoms with Gasteiger partial charge in [-0.25, -0.2) is 4.39 Å². The zero-order chi connectivity index (χ0) is 11.8. The van der Waals surface area contributed by atoms with Gasteiger partial charge in [-0.05, 0) is 41.4 Å². The van der Waals surface area contributed by atoms with Crippen LogP contribution in [0.25, 0.3) is 0 Å². The first kappa shape index (κ1) is 12.3. The van der Waals surface area contributed by atoms with Crippen LogP contribution in [-0.4, -0.2) is 18.2 Å². The molecule has 1 aliphatic rings. The highest BCUT2D eigenvalue weighted by Gasteiger charge is 2.34. The van der Waals surface area contributed by atoms with Gasteiger partial charge >= 0.3 is 0 Å². The SMILES string of the molecule is OC1(c2ccc(Br)c(Cl)c2F)CCCNC1. The third-order valence-electron chi connectivity index (χ3n) is 2.90. The van der Waals surface area contributed by atoms with E-state index in [2.05, 4.69) is 21.2 Å². The Hall–Kier alpha value is -0.160. The fourth-order valence-electron chi connectivity index (χ4n) is 2.00. The van der Waals surface area contributed by atoms with Gasteiger partial charge in [0, 0.05) is 16.6 Å². The summed E-state index contributed by atoms with van der Waals surface area (Å²) in [7, 11) is 0. The second kappa shape index (κ2) is 4.61. The molecule has 0 spiro atoms. The van der Waals surface area contributed by atoms with E-state index in [-0.39, 0.29) is 10.6 Å². The quantitative estimate of drug-likeness (QED) is 0.782. The maximum atomic E-state index is 13.9. The van der Waals surface area contributed by atoms with Crippen LogP contribution < -0.4 is 5.32 Å². The van der Waals surface area contributed by atoms with Gasteiger partial charge in [0.1, 0.15) is 11.4 Å². The van der Waals surface area contributed by atoms with E-state index in [9.17, 15) is 9.50 Å². The Morgan fingerprint density at radius 2 is 2.25 bits per heavy atom. The fourth-order valence-corrected chi connectivity index (χ4v) is 2.48. The van der Waals surface area contributed by atoms with Crippen LogP contribution in [0.5, 0.6) is 0 Å². The molecule has 1 unspecified atom stereocenters. The molecular formula is C11H12BrClFNO. The van der Waals surface area contributed by atoms with E-state index in [0.29, 0.717) is 17.4 Å². The zero-order valence-electron chi connectivity index (χ0n) is 8.56. The fraction of sp³-hybridized carbons (Fsp3) is 0.455. The van der Waals surface area contributed by atoms with Gasteiger partial charge in [-0.2, -0.15) is 0 Å². The van der Waals surface area contributed by atoms with Gasteiger partial charge < -0.3 is 10.4 Å². The molecule has 1 aromatic rings. The topological polar surface area (TPSA) is 32.3 Å². The normalized spacial score (nSPS) is 25.8. The van der Waals surface area contributed by atoms with Crippen molar-refractivity contribution in [3.05, 3.63) is 33.0 Å². The minimum atomic E-state index is -1.15. The Balaban J connectivity index is 2.43. The van der Waals surface area contributed by atoms with Gasteiger partial charge in [0.15, 0.2) is 0 Å². The number of halogens is 3. The molecule has 0 amide bonds. The molecule has 1 aromatic carbocycles. The summed E-state index contributed by atoms with van der Waals surface area (Å²) in [4.78, 5) is 0. The summed E-state index contributed by atoms with van der Waals surface area (Å²) in [5, 5.41) is 13.5. The minimum absolute atomic E-state index is 0.0245. The Bertz CT molecular complexity index is 407. The highest BCUT2D eigenvalue weighted by atomic mass is 79.9. The van der Waals surface area contributed by atoms with Crippen molar-refractivity contribution in [1.82, 2.24) is 5.32 Å². The summed E-state index contributed by atoms with van der Waals surface area (Å²) < 4.78 is 14.4. The van der Waals surface area contributed by atoms with E-state index in [1.165, 1.54) is 0 Å². The lowest BCUT2D eigenvalue weighted by Crippen LogP contribution is -2.43. The van der Waals surface area contributed by atoms with Crippen LogP contribution in [0.15, 0.2) is 16.6 Å². The standard InChI is InChI=1S/C11H12BrClFNO/c12-8-3-2-7(10(14)9(8)13)11(16)4-1-5-15-6-11/h2-3,15-16H,1,4-6H2. The van der Waals surface area contributed by atoms with Crippen LogP contribution in [-0.2, 0) is 5.60 Å². The van der Waals surface area contributed by atoms with Gasteiger partial charge in [0.05, 0.1) is 5.02 Å². The number of hydrogen-bond donors (Lipinski definition) is 2. The molecule has 2 N–H and O–H groups in total. The van der Waals surface area contributed by atoms with E-state index < -0.39 is 11.4 Å². The van der Waals surface area contributed by atoms with E-state index in [1.54, 1.807) is 12.1 Å². The van der Waals surface area contributed by atoms with Gasteiger partial charge in [-0.15, -0.1) is 0 Å². The molecule has 0 bridgehead atoms. The summed E-state index contributed by atoms with van der Waals surface area (Å²) >= 11 is 8.96. The van der Waals surface area contributed by atoms with Crippen molar-refractivity contribution in [1.29, 1.82) is 0 Å². The number of benzene rings is 1. The van der Waals surface area contributed by atoms with Crippen molar-refractivity contribution >= 4 is 27.5 Å². The number of aliphatic hydroxyl groups is 1. The average molecular weight is 309 g/mol. The second-order valence-corrected chi connectivity index (χ2v) is 5.27. The number of nitrogens with one attached hydrogen (secondary N) is 1. The molecule has 0 saturated carbocycles. The Kier molecular flexibility index (Phi) is 3.54. The molecule has 0 aromatic heterocycles. The van der Waals surface area contributed by atoms with Crippen LogP contribution >= 0.6 is 27.5 Å². The molecular weight excluding hydrogens is 296 g/mol. The van der Waals surface area contributed by atoms with Crippen LogP contribution in [0.1, 0.15) is 18.4 Å². The molecule has 1 atom stereocenters. The smallest absolute Gasteiger partial charge is 0.149 e. The number of β-amino-alcohol motifs (C(OH)–C–C–N with tert-alkyl or cyclic N) is 1.